The molecule has 1 aromatic carbocycles. The summed E-state index contributed by atoms with van der Waals surface area (Å²) in [6.07, 6.45) is 4.97. The van der Waals surface area contributed by atoms with Crippen LogP contribution in [0.5, 0.6) is 5.75 Å². The second-order valence-electron chi connectivity index (χ2n) is 9.67. The number of nitrogens with zero attached hydrogens (tertiary/aromatic N) is 5. The van der Waals surface area contributed by atoms with Gasteiger partial charge in [0.1, 0.15) is 5.75 Å². The van der Waals surface area contributed by atoms with Crippen LogP contribution in [0.3, 0.4) is 0 Å². The number of nitrogens with one attached hydrogen (secondary N) is 2. The van der Waals surface area contributed by atoms with Gasteiger partial charge < -0.3 is 30.1 Å². The molecule has 37 heavy (non-hydrogen) atoms. The summed E-state index contributed by atoms with van der Waals surface area (Å²) in [4.78, 5) is 40.2. The van der Waals surface area contributed by atoms with Crippen LogP contribution in [0.2, 0.25) is 0 Å². The van der Waals surface area contributed by atoms with E-state index in [0.717, 1.165) is 30.9 Å². The third-order valence-corrected chi connectivity index (χ3v) is 6.80. The second kappa shape index (κ2) is 13.2. The first-order valence-corrected chi connectivity index (χ1v) is 13.0. The van der Waals surface area contributed by atoms with Gasteiger partial charge in [-0.05, 0) is 65.7 Å². The molecule has 0 aromatic heterocycles. The molecule has 1 aromatic rings. The van der Waals surface area contributed by atoms with Crippen molar-refractivity contribution in [3.63, 3.8) is 0 Å². The Balaban J connectivity index is 1.89. The number of hydrogen-bond acceptors (Lipinski definition) is 6. The van der Waals surface area contributed by atoms with Crippen molar-refractivity contribution >= 4 is 30.2 Å². The van der Waals surface area contributed by atoms with Gasteiger partial charge in [0.15, 0.2) is 5.82 Å². The molecule has 0 unspecified atom stereocenters. The number of rotatable bonds is 9. The van der Waals surface area contributed by atoms with Crippen LogP contribution in [0.4, 0.5) is 5.69 Å². The molecule has 2 N–H and O–H groups in total. The largest absolute Gasteiger partial charge is 0.492 e. The highest BCUT2D eigenvalue weighted by molar-refractivity contribution is 6.00. The number of allylic oxidation sites excluding steroid dienone is 1. The van der Waals surface area contributed by atoms with Crippen LogP contribution in [0, 0.1) is 0 Å². The minimum atomic E-state index is -0.163. The molecular weight excluding hydrogens is 470 g/mol. The van der Waals surface area contributed by atoms with Gasteiger partial charge in [-0.25, -0.2) is 4.99 Å². The SMILES string of the molecule is C=N/C(=N\C1=C(C)N(C)C(=O)CCN1C1CCCC1)Nc1ccc(C(=O)NCCN(C)C)cc1OCC. The van der Waals surface area contributed by atoms with Crippen LogP contribution >= 0.6 is 0 Å². The van der Waals surface area contributed by atoms with Crippen LogP contribution in [-0.2, 0) is 4.79 Å². The fourth-order valence-corrected chi connectivity index (χ4v) is 4.61. The predicted octanol–water partition coefficient (Wildman–Crippen LogP) is 3.14. The van der Waals surface area contributed by atoms with Gasteiger partial charge >= 0.3 is 0 Å². The summed E-state index contributed by atoms with van der Waals surface area (Å²) in [7, 11) is 5.71. The van der Waals surface area contributed by atoms with Crippen LogP contribution < -0.4 is 15.4 Å². The average Bonchev–Trinajstić information content (AvgIpc) is 3.38. The number of amides is 2. The Morgan fingerprint density at radius 3 is 2.65 bits per heavy atom. The number of guanidine groups is 1. The van der Waals surface area contributed by atoms with E-state index < -0.39 is 0 Å². The monoisotopic (exact) mass is 511 g/mol. The first-order valence-electron chi connectivity index (χ1n) is 13.0. The van der Waals surface area contributed by atoms with Gasteiger partial charge in [-0.3, -0.25) is 9.59 Å². The highest BCUT2D eigenvalue weighted by atomic mass is 16.5. The van der Waals surface area contributed by atoms with Crippen molar-refractivity contribution < 1.29 is 14.3 Å². The van der Waals surface area contributed by atoms with E-state index >= 15 is 0 Å². The van der Waals surface area contributed by atoms with E-state index in [4.69, 9.17) is 9.73 Å². The van der Waals surface area contributed by atoms with E-state index in [1.807, 2.05) is 32.8 Å². The lowest BCUT2D eigenvalue weighted by Crippen LogP contribution is -2.33. The van der Waals surface area contributed by atoms with Crippen molar-refractivity contribution in [2.45, 2.75) is 52.0 Å². The summed E-state index contributed by atoms with van der Waals surface area (Å²) in [5.41, 5.74) is 1.92. The van der Waals surface area contributed by atoms with Crippen molar-refractivity contribution in [3.8, 4) is 5.75 Å². The summed E-state index contributed by atoms with van der Waals surface area (Å²) in [5.74, 6) is 1.45. The summed E-state index contributed by atoms with van der Waals surface area (Å²) in [6.45, 7) is 9.89. The second-order valence-corrected chi connectivity index (χ2v) is 9.67. The van der Waals surface area contributed by atoms with Crippen molar-refractivity contribution in [2.75, 3.05) is 52.7 Å². The molecule has 3 rings (SSSR count). The molecule has 10 nitrogen and oxygen atoms in total. The zero-order valence-corrected chi connectivity index (χ0v) is 22.8. The van der Waals surface area contributed by atoms with Gasteiger partial charge in [-0.1, -0.05) is 12.8 Å². The van der Waals surface area contributed by atoms with Gasteiger partial charge in [0.2, 0.25) is 11.9 Å². The molecule has 1 aliphatic carbocycles. The Morgan fingerprint density at radius 2 is 2.00 bits per heavy atom. The fourth-order valence-electron chi connectivity index (χ4n) is 4.61. The first kappa shape index (κ1) is 28.2. The summed E-state index contributed by atoms with van der Waals surface area (Å²) in [5, 5.41) is 6.15. The zero-order chi connectivity index (χ0) is 26.9. The molecule has 1 aliphatic heterocycles. The number of ether oxygens (including phenoxy) is 1. The number of benzene rings is 1. The van der Waals surface area contributed by atoms with Crippen molar-refractivity contribution in [1.29, 1.82) is 0 Å². The van der Waals surface area contributed by atoms with Gasteiger partial charge in [-0.2, -0.15) is 4.99 Å². The van der Waals surface area contributed by atoms with Gasteiger partial charge in [0.05, 0.1) is 18.0 Å². The number of hydrogen-bond donors (Lipinski definition) is 2. The number of likely N-dealkylation sites (N-methyl/N-ethyl adjacent to an activating group) is 1. The molecule has 0 bridgehead atoms. The average molecular weight is 512 g/mol. The highest BCUT2D eigenvalue weighted by Gasteiger charge is 2.31. The van der Waals surface area contributed by atoms with Crippen LogP contribution in [0.25, 0.3) is 0 Å². The maximum atomic E-state index is 12.6. The molecule has 1 heterocycles. The molecule has 0 atom stereocenters. The minimum Gasteiger partial charge on any atom is -0.492 e. The Morgan fingerprint density at radius 1 is 1.27 bits per heavy atom. The van der Waals surface area contributed by atoms with E-state index in [9.17, 15) is 9.59 Å². The lowest BCUT2D eigenvalue weighted by molar-refractivity contribution is -0.127. The minimum absolute atomic E-state index is 0.0739. The van der Waals surface area contributed by atoms with E-state index in [0.29, 0.717) is 55.1 Å². The van der Waals surface area contributed by atoms with E-state index in [1.54, 1.807) is 30.1 Å². The lowest BCUT2D eigenvalue weighted by atomic mass is 10.1. The van der Waals surface area contributed by atoms with Crippen LogP contribution in [-0.4, -0.2) is 92.6 Å². The van der Waals surface area contributed by atoms with Gasteiger partial charge in [0.25, 0.3) is 5.91 Å². The van der Waals surface area contributed by atoms with E-state index in [-0.39, 0.29) is 11.8 Å². The molecule has 202 valence electrons. The van der Waals surface area contributed by atoms with Crippen LogP contribution in [0.1, 0.15) is 56.3 Å². The normalized spacial score (nSPS) is 17.4. The van der Waals surface area contributed by atoms with Crippen molar-refractivity contribution in [2.24, 2.45) is 9.98 Å². The molecule has 2 amide bonds. The topological polar surface area (TPSA) is 102 Å². The third kappa shape index (κ3) is 7.31. The summed E-state index contributed by atoms with van der Waals surface area (Å²) < 4.78 is 5.84. The van der Waals surface area contributed by atoms with Crippen molar-refractivity contribution in [1.82, 2.24) is 20.0 Å². The number of anilines is 1. The van der Waals surface area contributed by atoms with Crippen LogP contribution in [0.15, 0.2) is 39.7 Å². The Hall–Kier alpha value is -3.40. The molecule has 0 radical (unpaired) electrons. The fraction of sp³-hybridized carbons (Fsp3) is 0.556. The molecule has 1 fully saturated rings. The zero-order valence-electron chi connectivity index (χ0n) is 22.8. The summed E-state index contributed by atoms with van der Waals surface area (Å²) in [6, 6.07) is 5.59. The maximum Gasteiger partial charge on any atom is 0.251 e. The van der Waals surface area contributed by atoms with Gasteiger partial charge in [0, 0.05) is 44.7 Å². The highest BCUT2D eigenvalue weighted by Crippen LogP contribution is 2.31. The lowest BCUT2D eigenvalue weighted by Gasteiger charge is -2.31. The standard InChI is InChI=1S/C27H41N7O3/c1-7-37-23-18-20(26(36)29-15-17-32(4)5)12-13-22(23)30-27(28-3)31-25-19(2)33(6)24(35)14-16-34(25)21-10-8-9-11-21/h12-13,18,21H,3,7-11,14-17H2,1-2,4-6H3,(H,29,36)(H,30,31). The molecular formula is C27H41N7O3. The van der Waals surface area contributed by atoms with Gasteiger partial charge in [-0.15, -0.1) is 0 Å². The number of aliphatic imine (C=N–C) groups is 2. The Kier molecular flexibility index (Phi) is 10.1. The number of carbonyl (C=O) groups excluding carboxylic acids is 2. The molecule has 2 aliphatic rings. The van der Waals surface area contributed by atoms with Crippen molar-refractivity contribution in [3.05, 3.63) is 35.3 Å². The smallest absolute Gasteiger partial charge is 0.251 e. The quantitative estimate of drug-likeness (QED) is 0.390. The van der Waals surface area contributed by atoms with E-state index in [2.05, 4.69) is 27.2 Å². The molecule has 0 saturated heterocycles. The maximum absolute atomic E-state index is 12.6. The predicted molar refractivity (Wildman–Crippen MR) is 148 cm³/mol. The Bertz CT molecular complexity index is 1040. The molecule has 10 heteroatoms. The first-order chi connectivity index (χ1) is 17.7. The number of carbonyl (C=O) groups is 2. The summed E-state index contributed by atoms with van der Waals surface area (Å²) >= 11 is 0. The van der Waals surface area contributed by atoms with E-state index in [1.165, 1.54) is 12.8 Å². The Labute approximate surface area is 220 Å². The molecule has 1 saturated carbocycles. The molecule has 0 spiro atoms. The third-order valence-electron chi connectivity index (χ3n) is 6.80.